The highest BCUT2D eigenvalue weighted by atomic mass is 32.2. The normalized spacial score (nSPS) is 20.0. The molecule has 4 rings (SSSR count). The van der Waals surface area contributed by atoms with Gasteiger partial charge in [0.15, 0.2) is 11.0 Å². The maximum absolute atomic E-state index is 13.1. The van der Waals surface area contributed by atoms with E-state index in [1.165, 1.54) is 0 Å². The third-order valence-electron chi connectivity index (χ3n) is 4.77. The first-order valence-corrected chi connectivity index (χ1v) is 10.9. The number of hydrogen-bond donors (Lipinski definition) is 2. The minimum Gasteiger partial charge on any atom is -0.333 e. The molecule has 7 nitrogen and oxygen atoms in total. The summed E-state index contributed by atoms with van der Waals surface area (Å²) in [7, 11) is -1.41. The second kappa shape index (κ2) is 9.67. The van der Waals surface area contributed by atoms with Crippen molar-refractivity contribution in [3.63, 3.8) is 0 Å². The first-order chi connectivity index (χ1) is 14.2. The van der Waals surface area contributed by atoms with Crippen molar-refractivity contribution < 1.29 is 14.2 Å². The van der Waals surface area contributed by atoms with Crippen molar-refractivity contribution in [1.82, 2.24) is 5.48 Å². The van der Waals surface area contributed by atoms with Crippen molar-refractivity contribution in [3.8, 4) is 0 Å². The van der Waals surface area contributed by atoms with Gasteiger partial charge in [0.2, 0.25) is 5.91 Å². The van der Waals surface area contributed by atoms with E-state index in [1.807, 2.05) is 68.7 Å². The van der Waals surface area contributed by atoms with Crippen molar-refractivity contribution in [2.45, 2.75) is 37.6 Å². The lowest BCUT2D eigenvalue weighted by molar-refractivity contribution is -0.129. The number of nitrogens with zero attached hydrogens (tertiary/aromatic N) is 3. The third kappa shape index (κ3) is 4.33. The molecule has 2 unspecified atom stereocenters. The molecule has 0 radical (unpaired) electrons. The van der Waals surface area contributed by atoms with Crippen LogP contribution in [0, 0.1) is 0 Å². The van der Waals surface area contributed by atoms with E-state index in [0.29, 0.717) is 4.90 Å². The lowest BCUT2D eigenvalue weighted by Gasteiger charge is -2.26. The van der Waals surface area contributed by atoms with Crippen LogP contribution in [-0.2, 0) is 15.8 Å². The van der Waals surface area contributed by atoms with E-state index in [9.17, 15) is 9.00 Å². The van der Waals surface area contributed by atoms with Crippen LogP contribution in [-0.4, -0.2) is 34.8 Å². The SMILES string of the molecule is CC.O=C(CC1c2ccccc2S(=O)N1c1ccc(N2C=NCCC2)cc1)NO. The summed E-state index contributed by atoms with van der Waals surface area (Å²) in [4.78, 5) is 18.9. The van der Waals surface area contributed by atoms with Crippen LogP contribution < -0.4 is 14.7 Å². The Bertz CT molecular complexity index is 901. The maximum atomic E-state index is 13.1. The summed E-state index contributed by atoms with van der Waals surface area (Å²) in [6.07, 6.45) is 2.87. The lowest BCUT2D eigenvalue weighted by atomic mass is 10.0. The number of nitrogens with one attached hydrogen (secondary N) is 1. The summed E-state index contributed by atoms with van der Waals surface area (Å²) in [5, 5.41) is 8.93. The number of hydroxylamine groups is 1. The number of carbonyl (C=O) groups is 1. The summed E-state index contributed by atoms with van der Waals surface area (Å²) < 4.78 is 14.8. The number of hydrogen-bond acceptors (Lipinski definition) is 5. The first kappa shape index (κ1) is 21.0. The molecule has 0 aromatic heterocycles. The number of carbonyl (C=O) groups excluding carboxylic acids is 1. The molecule has 1 amide bonds. The van der Waals surface area contributed by atoms with Gasteiger partial charge in [0.05, 0.1) is 29.4 Å². The average molecular weight is 415 g/mol. The second-order valence-corrected chi connectivity index (χ2v) is 7.78. The minimum atomic E-state index is -1.41. The summed E-state index contributed by atoms with van der Waals surface area (Å²) in [5.74, 6) is -0.514. The molecule has 8 heteroatoms. The molecule has 0 bridgehead atoms. The van der Waals surface area contributed by atoms with E-state index in [2.05, 4.69) is 9.89 Å². The van der Waals surface area contributed by atoms with Gasteiger partial charge in [-0.1, -0.05) is 32.0 Å². The van der Waals surface area contributed by atoms with Crippen LogP contribution in [0.25, 0.3) is 0 Å². The Hall–Kier alpha value is -2.71. The second-order valence-electron chi connectivity index (χ2n) is 6.45. The van der Waals surface area contributed by atoms with Gasteiger partial charge in [-0.3, -0.25) is 19.3 Å². The molecule has 2 aliphatic rings. The summed E-state index contributed by atoms with van der Waals surface area (Å²) in [6.45, 7) is 5.78. The van der Waals surface area contributed by atoms with Crippen molar-refractivity contribution in [2.24, 2.45) is 4.99 Å². The van der Waals surface area contributed by atoms with Crippen LogP contribution in [0.5, 0.6) is 0 Å². The average Bonchev–Trinajstić information content (AvgIpc) is 3.07. The Labute approximate surface area is 173 Å². The Morgan fingerprint density at radius 1 is 1.17 bits per heavy atom. The standard InChI is InChI=1S/C19H20N4O3S.C2H6/c24-19(21-25)12-17-16-4-1-2-5-18(16)27(26)23(17)15-8-6-14(7-9-15)22-11-3-10-20-13-22;1-2/h1-2,4-9,13,17,25H,3,10-12H2,(H,21,24);1-2H3. The van der Waals surface area contributed by atoms with E-state index in [1.54, 1.807) is 9.79 Å². The molecule has 2 atom stereocenters. The molecule has 2 aromatic carbocycles. The Kier molecular flexibility index (Phi) is 7.00. The van der Waals surface area contributed by atoms with Crippen LogP contribution in [0.2, 0.25) is 0 Å². The summed E-state index contributed by atoms with van der Waals surface area (Å²) in [6, 6.07) is 14.7. The molecule has 29 heavy (non-hydrogen) atoms. The van der Waals surface area contributed by atoms with Crippen LogP contribution >= 0.6 is 0 Å². The van der Waals surface area contributed by atoms with E-state index in [0.717, 1.165) is 36.4 Å². The van der Waals surface area contributed by atoms with Gasteiger partial charge in [0.1, 0.15) is 0 Å². The predicted octanol–water partition coefficient (Wildman–Crippen LogP) is 3.43. The van der Waals surface area contributed by atoms with Crippen molar-refractivity contribution in [2.75, 3.05) is 22.3 Å². The third-order valence-corrected chi connectivity index (χ3v) is 6.35. The molecular weight excluding hydrogens is 388 g/mol. The minimum absolute atomic E-state index is 0.0137. The van der Waals surface area contributed by atoms with E-state index >= 15 is 0 Å². The number of anilines is 2. The smallest absolute Gasteiger partial charge is 0.245 e. The molecule has 2 aromatic rings. The molecule has 0 saturated carbocycles. The van der Waals surface area contributed by atoms with Crippen molar-refractivity contribution >= 4 is 34.6 Å². The van der Waals surface area contributed by atoms with Gasteiger partial charge < -0.3 is 4.90 Å². The Morgan fingerprint density at radius 3 is 2.52 bits per heavy atom. The molecule has 0 saturated heterocycles. The van der Waals surface area contributed by atoms with Crippen LogP contribution in [0.4, 0.5) is 11.4 Å². The molecule has 0 fully saturated rings. The van der Waals surface area contributed by atoms with Crippen LogP contribution in [0.1, 0.15) is 38.3 Å². The molecule has 0 spiro atoms. The summed E-state index contributed by atoms with van der Waals surface area (Å²) >= 11 is 0. The zero-order valence-electron chi connectivity index (χ0n) is 16.6. The zero-order chi connectivity index (χ0) is 20.8. The molecular formula is C21H26N4O3S. The lowest BCUT2D eigenvalue weighted by Crippen LogP contribution is -2.30. The van der Waals surface area contributed by atoms with Gasteiger partial charge in [-0.25, -0.2) is 9.69 Å². The first-order valence-electron chi connectivity index (χ1n) is 9.78. The monoisotopic (exact) mass is 414 g/mol. The number of rotatable bonds is 4. The molecule has 2 heterocycles. The summed E-state index contributed by atoms with van der Waals surface area (Å²) in [5.41, 5.74) is 4.30. The molecule has 2 aliphatic heterocycles. The Morgan fingerprint density at radius 2 is 1.86 bits per heavy atom. The van der Waals surface area contributed by atoms with Crippen LogP contribution in [0.15, 0.2) is 58.4 Å². The fourth-order valence-electron chi connectivity index (χ4n) is 3.49. The van der Waals surface area contributed by atoms with Gasteiger partial charge in [-0.15, -0.1) is 0 Å². The van der Waals surface area contributed by atoms with Gasteiger partial charge in [0, 0.05) is 18.8 Å². The van der Waals surface area contributed by atoms with Crippen LogP contribution in [0.3, 0.4) is 0 Å². The quantitative estimate of drug-likeness (QED) is 0.593. The largest absolute Gasteiger partial charge is 0.333 e. The maximum Gasteiger partial charge on any atom is 0.245 e. The number of amides is 1. The fraction of sp³-hybridized carbons (Fsp3) is 0.333. The zero-order valence-corrected chi connectivity index (χ0v) is 17.4. The molecule has 0 aliphatic carbocycles. The number of benzene rings is 2. The van der Waals surface area contributed by atoms with Gasteiger partial charge in [-0.05, 0) is 42.3 Å². The molecule has 154 valence electrons. The number of aliphatic imine (C=N–C) groups is 1. The van der Waals surface area contributed by atoms with E-state index in [4.69, 9.17) is 5.21 Å². The van der Waals surface area contributed by atoms with E-state index < -0.39 is 22.9 Å². The van der Waals surface area contributed by atoms with Crippen molar-refractivity contribution in [3.05, 3.63) is 54.1 Å². The van der Waals surface area contributed by atoms with Gasteiger partial charge >= 0.3 is 0 Å². The van der Waals surface area contributed by atoms with Gasteiger partial charge in [-0.2, -0.15) is 0 Å². The number of fused-ring (bicyclic) bond motifs is 1. The highest BCUT2D eigenvalue weighted by molar-refractivity contribution is 7.87. The highest BCUT2D eigenvalue weighted by Crippen LogP contribution is 2.42. The Balaban J connectivity index is 0.00000117. The highest BCUT2D eigenvalue weighted by Gasteiger charge is 2.37. The topological polar surface area (TPSA) is 85.2 Å². The fourth-order valence-corrected chi connectivity index (χ4v) is 5.03. The molecule has 2 N–H and O–H groups in total. The van der Waals surface area contributed by atoms with Gasteiger partial charge in [0.25, 0.3) is 0 Å². The predicted molar refractivity (Wildman–Crippen MR) is 116 cm³/mol. The van der Waals surface area contributed by atoms with Crippen molar-refractivity contribution in [1.29, 1.82) is 0 Å². The van der Waals surface area contributed by atoms with E-state index in [-0.39, 0.29) is 6.42 Å².